The number of nitrogens with one attached hydrogen (secondary N) is 2. The zero-order valence-corrected chi connectivity index (χ0v) is 10.6. The first-order chi connectivity index (χ1) is 8.13. The van der Waals surface area contributed by atoms with E-state index >= 15 is 0 Å². The minimum Gasteiger partial charge on any atom is -0.497 e. The van der Waals surface area contributed by atoms with Crippen molar-refractivity contribution in [3.05, 3.63) is 29.8 Å². The summed E-state index contributed by atoms with van der Waals surface area (Å²) in [4.78, 5) is 10.7. The summed E-state index contributed by atoms with van der Waals surface area (Å²) < 4.78 is 5.18. The minimum absolute atomic E-state index is 0.000772. The van der Waals surface area contributed by atoms with Crippen molar-refractivity contribution >= 4 is 5.91 Å². The number of carbonyl (C=O) groups excluding carboxylic acids is 1. The van der Waals surface area contributed by atoms with Crippen LogP contribution in [0.5, 0.6) is 5.75 Å². The van der Waals surface area contributed by atoms with E-state index in [0.29, 0.717) is 6.54 Å². The van der Waals surface area contributed by atoms with Crippen molar-refractivity contribution in [3.8, 4) is 5.75 Å². The van der Waals surface area contributed by atoms with Crippen molar-refractivity contribution in [1.82, 2.24) is 10.6 Å². The number of methoxy groups -OCH3 is 1. The van der Waals surface area contributed by atoms with Gasteiger partial charge in [-0.3, -0.25) is 4.79 Å². The van der Waals surface area contributed by atoms with E-state index in [-0.39, 0.29) is 11.9 Å². The molecule has 94 valence electrons. The Kier molecular flexibility index (Phi) is 5.49. The molecule has 2 N–H and O–H groups in total. The largest absolute Gasteiger partial charge is 0.497 e. The summed E-state index contributed by atoms with van der Waals surface area (Å²) in [6.07, 6.45) is 0. The molecule has 0 heterocycles. The van der Waals surface area contributed by atoms with Crippen LogP contribution in [0.15, 0.2) is 24.3 Å². The van der Waals surface area contributed by atoms with E-state index in [9.17, 15) is 4.79 Å². The molecule has 1 atom stereocenters. The third kappa shape index (κ3) is 4.87. The zero-order chi connectivity index (χ0) is 12.7. The van der Waals surface area contributed by atoms with Crippen molar-refractivity contribution in [3.63, 3.8) is 0 Å². The van der Waals surface area contributed by atoms with Gasteiger partial charge in [0.15, 0.2) is 0 Å². The second kappa shape index (κ2) is 6.91. The fourth-order valence-corrected chi connectivity index (χ4v) is 1.56. The maximum atomic E-state index is 10.7. The van der Waals surface area contributed by atoms with Crippen LogP contribution in [0.3, 0.4) is 0 Å². The van der Waals surface area contributed by atoms with Gasteiger partial charge < -0.3 is 15.4 Å². The Morgan fingerprint density at radius 2 is 2.18 bits per heavy atom. The first-order valence-electron chi connectivity index (χ1n) is 5.75. The van der Waals surface area contributed by atoms with Gasteiger partial charge in [-0.1, -0.05) is 12.1 Å². The van der Waals surface area contributed by atoms with Gasteiger partial charge in [-0.15, -0.1) is 0 Å². The molecule has 0 aromatic heterocycles. The smallest absolute Gasteiger partial charge is 0.216 e. The molecule has 0 spiro atoms. The zero-order valence-electron chi connectivity index (χ0n) is 10.6. The number of benzene rings is 1. The second-order valence-corrected chi connectivity index (χ2v) is 3.94. The Hall–Kier alpha value is -1.55. The standard InChI is InChI=1S/C13H20N2O2/c1-10(14-7-8-15-11(2)16)12-5-4-6-13(9-12)17-3/h4-6,9-10,14H,7-8H2,1-3H3,(H,15,16). The molecule has 0 bridgehead atoms. The van der Waals surface area contributed by atoms with Gasteiger partial charge in [0, 0.05) is 26.1 Å². The van der Waals surface area contributed by atoms with E-state index in [4.69, 9.17) is 4.74 Å². The van der Waals surface area contributed by atoms with Gasteiger partial charge in [0.05, 0.1) is 7.11 Å². The Bertz CT molecular complexity index is 366. The molecular weight excluding hydrogens is 216 g/mol. The maximum Gasteiger partial charge on any atom is 0.216 e. The molecule has 0 radical (unpaired) electrons. The summed E-state index contributed by atoms with van der Waals surface area (Å²) in [5.74, 6) is 0.860. The molecule has 0 aliphatic rings. The fraction of sp³-hybridized carbons (Fsp3) is 0.462. The lowest BCUT2D eigenvalue weighted by Gasteiger charge is -2.15. The highest BCUT2D eigenvalue weighted by molar-refractivity contribution is 5.72. The third-order valence-electron chi connectivity index (χ3n) is 2.54. The highest BCUT2D eigenvalue weighted by Gasteiger charge is 2.05. The first-order valence-corrected chi connectivity index (χ1v) is 5.75. The van der Waals surface area contributed by atoms with E-state index < -0.39 is 0 Å². The van der Waals surface area contributed by atoms with Crippen molar-refractivity contribution < 1.29 is 9.53 Å². The molecule has 1 amide bonds. The molecule has 1 unspecified atom stereocenters. The fourth-order valence-electron chi connectivity index (χ4n) is 1.56. The van der Waals surface area contributed by atoms with E-state index in [0.717, 1.165) is 12.3 Å². The van der Waals surface area contributed by atoms with Crippen LogP contribution >= 0.6 is 0 Å². The van der Waals surface area contributed by atoms with Crippen LogP contribution in [0.1, 0.15) is 25.5 Å². The summed E-state index contributed by atoms with van der Waals surface area (Å²) in [7, 11) is 1.66. The molecule has 4 heteroatoms. The van der Waals surface area contributed by atoms with Crippen molar-refractivity contribution in [2.45, 2.75) is 19.9 Å². The Balaban J connectivity index is 2.40. The summed E-state index contributed by atoms with van der Waals surface area (Å²) in [6.45, 7) is 5.00. The molecule has 0 aliphatic heterocycles. The van der Waals surface area contributed by atoms with Crippen LogP contribution in [0.25, 0.3) is 0 Å². The topological polar surface area (TPSA) is 50.4 Å². The lowest BCUT2D eigenvalue weighted by atomic mass is 10.1. The van der Waals surface area contributed by atoms with Crippen LogP contribution in [0.4, 0.5) is 0 Å². The average molecular weight is 236 g/mol. The summed E-state index contributed by atoms with van der Waals surface area (Å²) >= 11 is 0. The monoisotopic (exact) mass is 236 g/mol. The van der Waals surface area contributed by atoms with Crippen LogP contribution in [-0.4, -0.2) is 26.1 Å². The maximum absolute atomic E-state index is 10.7. The number of hydrogen-bond donors (Lipinski definition) is 2. The highest BCUT2D eigenvalue weighted by atomic mass is 16.5. The minimum atomic E-state index is 0.000772. The van der Waals surface area contributed by atoms with Gasteiger partial charge in [0.25, 0.3) is 0 Å². The normalized spacial score (nSPS) is 11.9. The van der Waals surface area contributed by atoms with Crippen molar-refractivity contribution in [2.75, 3.05) is 20.2 Å². The molecule has 0 saturated heterocycles. The predicted octanol–water partition coefficient (Wildman–Crippen LogP) is 1.48. The lowest BCUT2D eigenvalue weighted by Crippen LogP contribution is -2.31. The van der Waals surface area contributed by atoms with Gasteiger partial charge in [0.2, 0.25) is 5.91 Å². The van der Waals surface area contributed by atoms with Crippen molar-refractivity contribution in [2.24, 2.45) is 0 Å². The van der Waals surface area contributed by atoms with E-state index in [1.54, 1.807) is 7.11 Å². The number of hydrogen-bond acceptors (Lipinski definition) is 3. The molecule has 0 saturated carbocycles. The van der Waals surface area contributed by atoms with Gasteiger partial charge in [-0.05, 0) is 24.6 Å². The summed E-state index contributed by atoms with van der Waals surface area (Å²) in [5, 5.41) is 6.08. The molecule has 1 rings (SSSR count). The third-order valence-corrected chi connectivity index (χ3v) is 2.54. The van der Waals surface area contributed by atoms with Gasteiger partial charge in [-0.25, -0.2) is 0 Å². The summed E-state index contributed by atoms with van der Waals surface area (Å²) in [6, 6.07) is 8.20. The van der Waals surface area contributed by atoms with Crippen LogP contribution in [-0.2, 0) is 4.79 Å². The lowest BCUT2D eigenvalue weighted by molar-refractivity contribution is -0.118. The van der Waals surface area contributed by atoms with Gasteiger partial charge in [0.1, 0.15) is 5.75 Å². The summed E-state index contributed by atoms with van der Waals surface area (Å²) in [5.41, 5.74) is 1.17. The molecule has 4 nitrogen and oxygen atoms in total. The van der Waals surface area contributed by atoms with Gasteiger partial charge in [-0.2, -0.15) is 0 Å². The van der Waals surface area contributed by atoms with Crippen LogP contribution in [0.2, 0.25) is 0 Å². The highest BCUT2D eigenvalue weighted by Crippen LogP contribution is 2.18. The van der Waals surface area contributed by atoms with E-state index in [2.05, 4.69) is 23.6 Å². The number of amides is 1. The Morgan fingerprint density at radius 3 is 2.82 bits per heavy atom. The number of carbonyl (C=O) groups is 1. The van der Waals surface area contributed by atoms with Crippen LogP contribution in [0, 0.1) is 0 Å². The van der Waals surface area contributed by atoms with Gasteiger partial charge >= 0.3 is 0 Å². The molecule has 0 aliphatic carbocycles. The molecule has 0 fully saturated rings. The SMILES string of the molecule is COc1cccc(C(C)NCCNC(C)=O)c1. The van der Waals surface area contributed by atoms with E-state index in [1.165, 1.54) is 12.5 Å². The Morgan fingerprint density at radius 1 is 1.41 bits per heavy atom. The second-order valence-electron chi connectivity index (χ2n) is 3.94. The molecule has 17 heavy (non-hydrogen) atoms. The van der Waals surface area contributed by atoms with Crippen LogP contribution < -0.4 is 15.4 Å². The predicted molar refractivity (Wildman–Crippen MR) is 68.1 cm³/mol. The Labute approximate surface area is 102 Å². The molecule has 1 aromatic carbocycles. The van der Waals surface area contributed by atoms with E-state index in [1.807, 2.05) is 18.2 Å². The first kappa shape index (κ1) is 13.5. The molecular formula is C13H20N2O2. The number of ether oxygens (including phenoxy) is 1. The molecule has 1 aromatic rings. The number of rotatable bonds is 6. The average Bonchev–Trinajstić information content (AvgIpc) is 2.34. The quantitative estimate of drug-likeness (QED) is 0.736. The van der Waals surface area contributed by atoms with Crippen molar-refractivity contribution in [1.29, 1.82) is 0 Å².